The van der Waals surface area contributed by atoms with E-state index in [1.807, 2.05) is 18.2 Å². The summed E-state index contributed by atoms with van der Waals surface area (Å²) in [5.74, 6) is 1.67. The number of methoxy groups -OCH3 is 3. The van der Waals surface area contributed by atoms with Gasteiger partial charge in [-0.3, -0.25) is 4.79 Å². The second-order valence-electron chi connectivity index (χ2n) is 4.50. The van der Waals surface area contributed by atoms with Crippen molar-refractivity contribution in [3.05, 3.63) is 53.6 Å². The van der Waals surface area contributed by atoms with Gasteiger partial charge in [0.2, 0.25) is 5.75 Å². The van der Waals surface area contributed by atoms with Crippen molar-refractivity contribution >= 4 is 5.78 Å². The molecule has 0 spiro atoms. The second-order valence-corrected chi connectivity index (χ2v) is 4.50. The third-order valence-corrected chi connectivity index (χ3v) is 3.18. The number of ketones is 1. The summed E-state index contributed by atoms with van der Waals surface area (Å²) < 4.78 is 15.8. The van der Waals surface area contributed by atoms with Gasteiger partial charge < -0.3 is 14.2 Å². The second kappa shape index (κ2) is 6.79. The molecular formula is C17H18O4. The van der Waals surface area contributed by atoms with Crippen molar-refractivity contribution in [3.63, 3.8) is 0 Å². The topological polar surface area (TPSA) is 44.8 Å². The number of benzene rings is 2. The van der Waals surface area contributed by atoms with Gasteiger partial charge in [-0.15, -0.1) is 0 Å². The molecule has 0 saturated heterocycles. The third-order valence-electron chi connectivity index (χ3n) is 3.18. The minimum absolute atomic E-state index is 0.0462. The van der Waals surface area contributed by atoms with E-state index in [9.17, 15) is 4.79 Å². The zero-order chi connectivity index (χ0) is 15.2. The molecule has 0 heterocycles. The minimum Gasteiger partial charge on any atom is -0.493 e. The molecule has 0 aliphatic carbocycles. The Morgan fingerprint density at radius 2 is 1.48 bits per heavy atom. The molecule has 0 radical (unpaired) electrons. The Morgan fingerprint density at radius 1 is 0.905 bits per heavy atom. The zero-order valence-corrected chi connectivity index (χ0v) is 12.4. The maximum absolute atomic E-state index is 12.3. The van der Waals surface area contributed by atoms with E-state index in [4.69, 9.17) is 14.2 Å². The number of Topliss-reactive ketones (excluding diaryl/α,β-unsaturated/α-hetero) is 1. The number of rotatable bonds is 6. The average molecular weight is 286 g/mol. The van der Waals surface area contributed by atoms with E-state index in [1.165, 1.54) is 0 Å². The summed E-state index contributed by atoms with van der Waals surface area (Å²) in [7, 11) is 4.66. The van der Waals surface area contributed by atoms with Crippen LogP contribution in [0.5, 0.6) is 17.2 Å². The highest BCUT2D eigenvalue weighted by atomic mass is 16.5. The standard InChI is InChI=1S/C17H18O4/c1-19-15-10-12(11-16(20-2)17(15)21-3)9-14(18)13-7-5-4-6-8-13/h4-8,10-11H,9H2,1-3H3. The first-order valence-electron chi connectivity index (χ1n) is 6.56. The summed E-state index contributed by atoms with van der Waals surface area (Å²) in [4.78, 5) is 12.3. The molecule has 110 valence electrons. The highest BCUT2D eigenvalue weighted by Gasteiger charge is 2.15. The Hall–Kier alpha value is -2.49. The van der Waals surface area contributed by atoms with Crippen LogP contribution in [0.4, 0.5) is 0 Å². The molecule has 2 rings (SSSR count). The third kappa shape index (κ3) is 3.34. The van der Waals surface area contributed by atoms with Gasteiger partial charge in [0.1, 0.15) is 0 Å². The van der Waals surface area contributed by atoms with Crippen molar-refractivity contribution in [3.8, 4) is 17.2 Å². The van der Waals surface area contributed by atoms with Gasteiger partial charge in [0.25, 0.3) is 0 Å². The van der Waals surface area contributed by atoms with Gasteiger partial charge in [-0.25, -0.2) is 0 Å². The molecular weight excluding hydrogens is 268 g/mol. The molecule has 0 bridgehead atoms. The van der Waals surface area contributed by atoms with Gasteiger partial charge in [-0.2, -0.15) is 0 Å². The van der Waals surface area contributed by atoms with Crippen molar-refractivity contribution < 1.29 is 19.0 Å². The molecule has 4 heteroatoms. The molecule has 2 aromatic carbocycles. The van der Waals surface area contributed by atoms with Crippen LogP contribution in [0.3, 0.4) is 0 Å². The lowest BCUT2D eigenvalue weighted by Crippen LogP contribution is -2.04. The molecule has 21 heavy (non-hydrogen) atoms. The van der Waals surface area contributed by atoms with E-state index >= 15 is 0 Å². The highest BCUT2D eigenvalue weighted by Crippen LogP contribution is 2.38. The first kappa shape index (κ1) is 14.9. The molecule has 0 aromatic heterocycles. The van der Waals surface area contributed by atoms with E-state index in [1.54, 1.807) is 45.6 Å². The van der Waals surface area contributed by atoms with Crippen molar-refractivity contribution in [2.24, 2.45) is 0 Å². The number of hydrogen-bond acceptors (Lipinski definition) is 4. The van der Waals surface area contributed by atoms with Crippen LogP contribution in [0.1, 0.15) is 15.9 Å². The van der Waals surface area contributed by atoms with E-state index in [2.05, 4.69) is 0 Å². The number of carbonyl (C=O) groups excluding carboxylic acids is 1. The first-order valence-corrected chi connectivity index (χ1v) is 6.56. The predicted molar refractivity (Wildman–Crippen MR) is 80.6 cm³/mol. The van der Waals surface area contributed by atoms with Crippen LogP contribution < -0.4 is 14.2 Å². The average Bonchev–Trinajstić information content (AvgIpc) is 2.54. The first-order chi connectivity index (χ1) is 10.2. The maximum Gasteiger partial charge on any atom is 0.203 e. The summed E-state index contributed by atoms with van der Waals surface area (Å²) in [5, 5.41) is 0. The van der Waals surface area contributed by atoms with Gasteiger partial charge in [-0.05, 0) is 17.7 Å². The van der Waals surface area contributed by atoms with E-state index in [0.717, 1.165) is 5.56 Å². The van der Waals surface area contributed by atoms with Crippen LogP contribution in [-0.2, 0) is 6.42 Å². The summed E-state index contributed by atoms with van der Waals surface area (Å²) in [5.41, 5.74) is 1.50. The molecule has 4 nitrogen and oxygen atoms in total. The van der Waals surface area contributed by atoms with Crippen molar-refractivity contribution in [2.45, 2.75) is 6.42 Å². The summed E-state index contributed by atoms with van der Waals surface area (Å²) in [6, 6.07) is 12.8. The van der Waals surface area contributed by atoms with Crippen LogP contribution in [0, 0.1) is 0 Å². The molecule has 0 unspecified atom stereocenters. The Balaban J connectivity index is 2.30. The minimum atomic E-state index is 0.0462. The Bertz CT molecular complexity index is 595. The van der Waals surface area contributed by atoms with Crippen LogP contribution >= 0.6 is 0 Å². The molecule has 0 aliphatic heterocycles. The van der Waals surface area contributed by atoms with Crippen molar-refractivity contribution in [2.75, 3.05) is 21.3 Å². The lowest BCUT2D eigenvalue weighted by molar-refractivity contribution is 0.0993. The quantitative estimate of drug-likeness (QED) is 0.765. The highest BCUT2D eigenvalue weighted by molar-refractivity contribution is 5.97. The van der Waals surface area contributed by atoms with E-state index in [-0.39, 0.29) is 12.2 Å². The van der Waals surface area contributed by atoms with Crippen LogP contribution in [0.25, 0.3) is 0 Å². The zero-order valence-electron chi connectivity index (χ0n) is 12.4. The fourth-order valence-corrected chi connectivity index (χ4v) is 2.15. The fourth-order valence-electron chi connectivity index (χ4n) is 2.15. The molecule has 0 amide bonds. The van der Waals surface area contributed by atoms with Crippen LogP contribution in [0.2, 0.25) is 0 Å². The van der Waals surface area contributed by atoms with Gasteiger partial charge in [0.05, 0.1) is 21.3 Å². The van der Waals surface area contributed by atoms with Crippen LogP contribution in [-0.4, -0.2) is 27.1 Å². The van der Waals surface area contributed by atoms with Crippen molar-refractivity contribution in [1.82, 2.24) is 0 Å². The Labute approximate surface area is 124 Å². The predicted octanol–water partition coefficient (Wildman–Crippen LogP) is 3.14. The Kier molecular flexibility index (Phi) is 4.82. The molecule has 0 N–H and O–H groups in total. The van der Waals surface area contributed by atoms with E-state index < -0.39 is 0 Å². The smallest absolute Gasteiger partial charge is 0.203 e. The number of carbonyl (C=O) groups is 1. The number of ether oxygens (including phenoxy) is 3. The van der Waals surface area contributed by atoms with Crippen LogP contribution in [0.15, 0.2) is 42.5 Å². The molecule has 0 aliphatic rings. The monoisotopic (exact) mass is 286 g/mol. The largest absolute Gasteiger partial charge is 0.493 e. The lowest BCUT2D eigenvalue weighted by atomic mass is 10.0. The van der Waals surface area contributed by atoms with Gasteiger partial charge in [0, 0.05) is 12.0 Å². The molecule has 0 saturated carbocycles. The SMILES string of the molecule is COc1cc(CC(=O)c2ccccc2)cc(OC)c1OC. The molecule has 2 aromatic rings. The fraction of sp³-hybridized carbons (Fsp3) is 0.235. The Morgan fingerprint density at radius 3 is 1.95 bits per heavy atom. The summed E-state index contributed by atoms with van der Waals surface area (Å²) >= 11 is 0. The van der Waals surface area contributed by atoms with Gasteiger partial charge in [0.15, 0.2) is 17.3 Å². The summed E-state index contributed by atoms with van der Waals surface area (Å²) in [6.07, 6.45) is 0.278. The molecule has 0 atom stereocenters. The van der Waals surface area contributed by atoms with Crippen molar-refractivity contribution in [1.29, 1.82) is 0 Å². The van der Waals surface area contributed by atoms with Gasteiger partial charge >= 0.3 is 0 Å². The molecule has 0 fully saturated rings. The number of hydrogen-bond donors (Lipinski definition) is 0. The lowest BCUT2D eigenvalue weighted by Gasteiger charge is -2.13. The van der Waals surface area contributed by atoms with Gasteiger partial charge in [-0.1, -0.05) is 30.3 Å². The van der Waals surface area contributed by atoms with E-state index in [0.29, 0.717) is 22.8 Å². The summed E-state index contributed by atoms with van der Waals surface area (Å²) in [6.45, 7) is 0. The normalized spacial score (nSPS) is 10.0. The maximum atomic E-state index is 12.3.